The molecule has 108 valence electrons. The van der Waals surface area contributed by atoms with Crippen LogP contribution in [0.2, 0.25) is 0 Å². The molecule has 0 radical (unpaired) electrons. The van der Waals surface area contributed by atoms with Gasteiger partial charge in [0.1, 0.15) is 0 Å². The van der Waals surface area contributed by atoms with Crippen molar-refractivity contribution in [1.29, 1.82) is 0 Å². The summed E-state index contributed by atoms with van der Waals surface area (Å²) in [4.78, 5) is -0.0511. The van der Waals surface area contributed by atoms with Crippen molar-refractivity contribution in [1.82, 2.24) is 4.31 Å². The Bertz CT molecular complexity index is 525. The Labute approximate surface area is 114 Å². The zero-order valence-corrected chi connectivity index (χ0v) is 12.5. The Hall–Kier alpha value is -1.14. The van der Waals surface area contributed by atoms with E-state index in [-0.39, 0.29) is 16.7 Å². The molecule has 6 heteroatoms. The van der Waals surface area contributed by atoms with Crippen molar-refractivity contribution < 1.29 is 17.5 Å². The Kier molecular flexibility index (Phi) is 5.31. The van der Waals surface area contributed by atoms with Gasteiger partial charge in [0.2, 0.25) is 10.0 Å². The number of benzene rings is 1. The normalized spacial score (nSPS) is 12.2. The van der Waals surface area contributed by atoms with Crippen LogP contribution in [0.5, 0.6) is 5.75 Å². The van der Waals surface area contributed by atoms with E-state index in [4.69, 9.17) is 4.74 Å². The molecule has 19 heavy (non-hydrogen) atoms. The quantitative estimate of drug-likeness (QED) is 0.809. The lowest BCUT2D eigenvalue weighted by atomic mass is 10.3. The summed E-state index contributed by atoms with van der Waals surface area (Å²) in [5, 5.41) is 0. The topological polar surface area (TPSA) is 46.6 Å². The summed E-state index contributed by atoms with van der Waals surface area (Å²) in [5.41, 5.74) is 0. The van der Waals surface area contributed by atoms with Gasteiger partial charge in [0.15, 0.2) is 11.6 Å². The largest absolute Gasteiger partial charge is 0.488 e. The van der Waals surface area contributed by atoms with Crippen LogP contribution in [0.1, 0.15) is 27.7 Å². The monoisotopic (exact) mass is 289 g/mol. The van der Waals surface area contributed by atoms with Crippen LogP contribution in [-0.4, -0.2) is 31.9 Å². The Balaban J connectivity index is 3.13. The maximum Gasteiger partial charge on any atom is 0.243 e. The highest BCUT2D eigenvalue weighted by Gasteiger charge is 2.23. The molecule has 0 saturated heterocycles. The van der Waals surface area contributed by atoms with Crippen LogP contribution < -0.4 is 4.74 Å². The zero-order valence-electron chi connectivity index (χ0n) is 11.7. The number of rotatable bonds is 6. The predicted molar refractivity (Wildman–Crippen MR) is 72.3 cm³/mol. The lowest BCUT2D eigenvalue weighted by molar-refractivity contribution is 0.231. The average Bonchev–Trinajstić information content (AvgIpc) is 2.32. The first-order valence-electron chi connectivity index (χ1n) is 6.29. The lowest BCUT2D eigenvalue weighted by Crippen LogP contribution is -2.30. The number of sulfonamides is 1. The molecule has 0 heterocycles. The Morgan fingerprint density at radius 2 is 1.84 bits per heavy atom. The highest BCUT2D eigenvalue weighted by Crippen LogP contribution is 2.24. The molecule has 0 aromatic heterocycles. The van der Waals surface area contributed by atoms with Crippen molar-refractivity contribution in [3.05, 3.63) is 24.0 Å². The van der Waals surface area contributed by atoms with Crippen molar-refractivity contribution >= 4 is 10.0 Å². The molecule has 0 aliphatic heterocycles. The Morgan fingerprint density at radius 3 is 2.26 bits per heavy atom. The third kappa shape index (κ3) is 3.67. The zero-order chi connectivity index (χ0) is 14.6. The molecule has 0 N–H and O–H groups in total. The van der Waals surface area contributed by atoms with Gasteiger partial charge in [0, 0.05) is 13.1 Å². The van der Waals surface area contributed by atoms with Gasteiger partial charge in [-0.15, -0.1) is 0 Å². The molecule has 0 aliphatic carbocycles. The molecule has 0 amide bonds. The SMILES string of the molecule is CCN(CC)S(=O)(=O)c1ccc(OC(C)C)c(F)c1. The van der Waals surface area contributed by atoms with E-state index >= 15 is 0 Å². The first kappa shape index (κ1) is 15.9. The van der Waals surface area contributed by atoms with Crippen LogP contribution in [0.4, 0.5) is 4.39 Å². The maximum atomic E-state index is 13.8. The molecule has 0 fully saturated rings. The number of hydrogen-bond acceptors (Lipinski definition) is 3. The number of nitrogens with zero attached hydrogens (tertiary/aromatic N) is 1. The van der Waals surface area contributed by atoms with Crippen molar-refractivity contribution in [2.75, 3.05) is 13.1 Å². The summed E-state index contributed by atoms with van der Waals surface area (Å²) in [6.45, 7) is 7.75. The molecule has 0 spiro atoms. The van der Waals surface area contributed by atoms with Crippen molar-refractivity contribution in [3.8, 4) is 5.75 Å². The minimum absolute atomic E-state index is 0.0511. The summed E-state index contributed by atoms with van der Waals surface area (Å²) in [6.07, 6.45) is -0.167. The standard InChI is InChI=1S/C13H20FNO3S/c1-5-15(6-2)19(16,17)11-7-8-13(12(14)9-11)18-10(3)4/h7-10H,5-6H2,1-4H3. The van der Waals surface area contributed by atoms with Crippen LogP contribution >= 0.6 is 0 Å². The molecular formula is C13H20FNO3S. The van der Waals surface area contributed by atoms with Gasteiger partial charge >= 0.3 is 0 Å². The molecule has 0 bridgehead atoms. The van der Waals surface area contributed by atoms with Gasteiger partial charge in [-0.2, -0.15) is 4.31 Å². The van der Waals surface area contributed by atoms with Crippen molar-refractivity contribution in [2.45, 2.75) is 38.7 Å². The van der Waals surface area contributed by atoms with Crippen LogP contribution in [0.25, 0.3) is 0 Å². The fraction of sp³-hybridized carbons (Fsp3) is 0.538. The van der Waals surface area contributed by atoms with E-state index in [2.05, 4.69) is 0 Å². The van der Waals surface area contributed by atoms with Crippen LogP contribution in [0.3, 0.4) is 0 Å². The number of ether oxygens (including phenoxy) is 1. The third-order valence-electron chi connectivity index (χ3n) is 2.61. The molecular weight excluding hydrogens is 269 g/mol. The summed E-state index contributed by atoms with van der Waals surface area (Å²) in [7, 11) is -3.63. The number of halogens is 1. The Morgan fingerprint density at radius 1 is 1.26 bits per heavy atom. The molecule has 0 saturated carbocycles. The van der Waals surface area contributed by atoms with Crippen molar-refractivity contribution in [2.24, 2.45) is 0 Å². The number of hydrogen-bond donors (Lipinski definition) is 0. The molecule has 0 atom stereocenters. The lowest BCUT2D eigenvalue weighted by Gasteiger charge is -2.19. The third-order valence-corrected chi connectivity index (χ3v) is 4.66. The highest BCUT2D eigenvalue weighted by molar-refractivity contribution is 7.89. The minimum Gasteiger partial charge on any atom is -0.488 e. The summed E-state index contributed by atoms with van der Waals surface area (Å²) >= 11 is 0. The molecule has 1 aromatic carbocycles. The predicted octanol–water partition coefficient (Wildman–Crippen LogP) is 2.64. The second-order valence-corrected chi connectivity index (χ2v) is 6.29. The van der Waals surface area contributed by atoms with Gasteiger partial charge < -0.3 is 4.74 Å². The maximum absolute atomic E-state index is 13.8. The van der Waals surface area contributed by atoms with Gasteiger partial charge in [-0.25, -0.2) is 12.8 Å². The summed E-state index contributed by atoms with van der Waals surface area (Å²) in [6, 6.07) is 3.73. The molecule has 4 nitrogen and oxygen atoms in total. The van der Waals surface area contributed by atoms with E-state index in [1.54, 1.807) is 27.7 Å². The van der Waals surface area contributed by atoms with E-state index in [1.165, 1.54) is 16.4 Å². The van der Waals surface area contributed by atoms with E-state index in [0.29, 0.717) is 13.1 Å². The molecule has 1 rings (SSSR count). The molecule has 1 aromatic rings. The second kappa shape index (κ2) is 6.34. The van der Waals surface area contributed by atoms with E-state index in [9.17, 15) is 12.8 Å². The van der Waals surface area contributed by atoms with E-state index in [1.807, 2.05) is 0 Å². The van der Waals surface area contributed by atoms with Crippen LogP contribution in [0, 0.1) is 5.82 Å². The second-order valence-electron chi connectivity index (χ2n) is 4.35. The molecule has 0 aliphatic rings. The van der Waals surface area contributed by atoms with Gasteiger partial charge in [0.25, 0.3) is 0 Å². The van der Waals surface area contributed by atoms with E-state index < -0.39 is 15.8 Å². The van der Waals surface area contributed by atoms with Crippen molar-refractivity contribution in [3.63, 3.8) is 0 Å². The van der Waals surface area contributed by atoms with Crippen LogP contribution in [-0.2, 0) is 10.0 Å². The first-order valence-corrected chi connectivity index (χ1v) is 7.73. The van der Waals surface area contributed by atoms with Gasteiger partial charge in [0.05, 0.1) is 11.0 Å². The van der Waals surface area contributed by atoms with E-state index in [0.717, 1.165) is 6.07 Å². The average molecular weight is 289 g/mol. The summed E-state index contributed by atoms with van der Waals surface area (Å²) in [5.74, 6) is -0.601. The highest BCUT2D eigenvalue weighted by atomic mass is 32.2. The van der Waals surface area contributed by atoms with Crippen LogP contribution in [0.15, 0.2) is 23.1 Å². The van der Waals surface area contributed by atoms with Gasteiger partial charge in [-0.1, -0.05) is 13.8 Å². The molecule has 0 unspecified atom stereocenters. The fourth-order valence-electron chi connectivity index (χ4n) is 1.70. The fourth-order valence-corrected chi connectivity index (χ4v) is 3.17. The smallest absolute Gasteiger partial charge is 0.243 e. The first-order chi connectivity index (χ1) is 8.82. The van der Waals surface area contributed by atoms with Gasteiger partial charge in [-0.3, -0.25) is 0 Å². The summed E-state index contributed by atoms with van der Waals surface area (Å²) < 4.78 is 44.7. The minimum atomic E-state index is -3.63. The van der Waals surface area contributed by atoms with Gasteiger partial charge in [-0.05, 0) is 32.0 Å².